The molecule has 1 fully saturated rings. The number of carbonyl (C=O) groups excluding carboxylic acids is 3. The standard InChI is InChI=1S/C26H40N2O9/c1-7-12-34-22-14-33-13-20(26(31)37-17(4)19(22)9-8-16(2)3)28-25(30)23-24(36-15-35-18(5)29)21(32-6)10-11-27-23/h10-11,16-17,19-20,22H,7-9,12-15H2,1-6H3,(H,28,30). The highest BCUT2D eigenvalue weighted by Gasteiger charge is 2.35. The van der Waals surface area contributed by atoms with E-state index in [1.807, 2.05) is 13.8 Å². The first-order valence-electron chi connectivity index (χ1n) is 12.7. The lowest BCUT2D eigenvalue weighted by atomic mass is 9.89. The van der Waals surface area contributed by atoms with E-state index in [2.05, 4.69) is 24.1 Å². The zero-order chi connectivity index (χ0) is 27.4. The molecule has 0 spiro atoms. The van der Waals surface area contributed by atoms with Gasteiger partial charge in [-0.15, -0.1) is 0 Å². The molecule has 0 aliphatic carbocycles. The third-order valence-corrected chi connectivity index (χ3v) is 5.92. The number of hydrogen-bond donors (Lipinski definition) is 1. The smallest absolute Gasteiger partial charge is 0.331 e. The van der Waals surface area contributed by atoms with Crippen molar-refractivity contribution in [2.45, 2.75) is 72.1 Å². The van der Waals surface area contributed by atoms with Gasteiger partial charge in [-0.3, -0.25) is 9.59 Å². The van der Waals surface area contributed by atoms with E-state index in [0.29, 0.717) is 12.5 Å². The summed E-state index contributed by atoms with van der Waals surface area (Å²) >= 11 is 0. The summed E-state index contributed by atoms with van der Waals surface area (Å²) in [4.78, 5) is 41.4. The summed E-state index contributed by atoms with van der Waals surface area (Å²) in [6.45, 7) is 9.69. The first kappa shape index (κ1) is 30.3. The van der Waals surface area contributed by atoms with Crippen LogP contribution < -0.4 is 14.8 Å². The number of pyridine rings is 1. The van der Waals surface area contributed by atoms with Crippen LogP contribution in [0.25, 0.3) is 0 Å². The number of carbonyl (C=O) groups is 3. The minimum absolute atomic E-state index is 0.0313. The fourth-order valence-corrected chi connectivity index (χ4v) is 3.93. The van der Waals surface area contributed by atoms with Crippen molar-refractivity contribution < 1.29 is 42.8 Å². The summed E-state index contributed by atoms with van der Waals surface area (Å²) in [6.07, 6.45) is 3.31. The lowest BCUT2D eigenvalue weighted by molar-refractivity contribution is -0.155. The van der Waals surface area contributed by atoms with Crippen molar-refractivity contribution in [2.75, 3.05) is 33.7 Å². The van der Waals surface area contributed by atoms with E-state index in [-0.39, 0.29) is 42.4 Å². The Hall–Kier alpha value is -2.92. The van der Waals surface area contributed by atoms with Crippen LogP contribution in [0.2, 0.25) is 0 Å². The van der Waals surface area contributed by atoms with Gasteiger partial charge in [-0.1, -0.05) is 27.2 Å². The van der Waals surface area contributed by atoms with E-state index in [1.54, 1.807) is 0 Å². The fraction of sp³-hybridized carbons (Fsp3) is 0.692. The van der Waals surface area contributed by atoms with Crippen LogP contribution in [0.1, 0.15) is 64.4 Å². The van der Waals surface area contributed by atoms with Gasteiger partial charge < -0.3 is 33.7 Å². The largest absolute Gasteiger partial charge is 0.493 e. The SMILES string of the molecule is CCCOC1COCC(NC(=O)c2nccc(OC)c2OCOC(C)=O)C(=O)OC(C)C1CCC(C)C. The monoisotopic (exact) mass is 524 g/mol. The highest BCUT2D eigenvalue weighted by molar-refractivity contribution is 5.98. The van der Waals surface area contributed by atoms with Gasteiger partial charge in [0.2, 0.25) is 6.79 Å². The van der Waals surface area contributed by atoms with Gasteiger partial charge in [0.15, 0.2) is 23.2 Å². The van der Waals surface area contributed by atoms with Crippen LogP contribution in [0.15, 0.2) is 12.3 Å². The molecule has 1 aromatic rings. The maximum absolute atomic E-state index is 13.2. The van der Waals surface area contributed by atoms with Gasteiger partial charge in [-0.2, -0.15) is 0 Å². The molecule has 1 aliphatic heterocycles. The number of esters is 2. The number of hydrogen-bond acceptors (Lipinski definition) is 10. The maximum atomic E-state index is 13.2. The first-order chi connectivity index (χ1) is 17.7. The molecule has 1 N–H and O–H groups in total. The fourth-order valence-electron chi connectivity index (χ4n) is 3.93. The number of methoxy groups -OCH3 is 1. The zero-order valence-corrected chi connectivity index (χ0v) is 22.6. The molecule has 11 nitrogen and oxygen atoms in total. The Labute approximate surface area is 218 Å². The molecule has 0 aromatic carbocycles. The van der Waals surface area contributed by atoms with E-state index < -0.39 is 36.8 Å². The van der Waals surface area contributed by atoms with E-state index >= 15 is 0 Å². The van der Waals surface area contributed by atoms with Crippen molar-refractivity contribution in [3.63, 3.8) is 0 Å². The van der Waals surface area contributed by atoms with Crippen molar-refractivity contribution in [3.05, 3.63) is 18.0 Å². The molecule has 2 rings (SSSR count). The lowest BCUT2D eigenvalue weighted by Crippen LogP contribution is -2.46. The predicted molar refractivity (Wildman–Crippen MR) is 133 cm³/mol. The van der Waals surface area contributed by atoms with Crippen LogP contribution in [0, 0.1) is 11.8 Å². The van der Waals surface area contributed by atoms with Gasteiger partial charge in [0.1, 0.15) is 6.10 Å². The number of nitrogens with one attached hydrogen (secondary N) is 1. The van der Waals surface area contributed by atoms with Crippen LogP contribution >= 0.6 is 0 Å². The van der Waals surface area contributed by atoms with Crippen molar-refractivity contribution in [2.24, 2.45) is 11.8 Å². The number of cyclic esters (lactones) is 1. The summed E-state index contributed by atoms with van der Waals surface area (Å²) in [5, 5.41) is 2.63. The second kappa shape index (κ2) is 15.4. The number of ether oxygens (including phenoxy) is 6. The summed E-state index contributed by atoms with van der Waals surface area (Å²) in [5.41, 5.74) is -0.147. The molecule has 1 aromatic heterocycles. The molecule has 0 radical (unpaired) electrons. The average molecular weight is 525 g/mol. The molecular weight excluding hydrogens is 484 g/mol. The molecule has 2 heterocycles. The Bertz CT molecular complexity index is 893. The van der Waals surface area contributed by atoms with Crippen LogP contribution in [-0.2, 0) is 28.5 Å². The van der Waals surface area contributed by atoms with E-state index in [0.717, 1.165) is 19.3 Å². The third-order valence-electron chi connectivity index (χ3n) is 5.92. The van der Waals surface area contributed by atoms with Crippen LogP contribution in [-0.4, -0.2) is 74.8 Å². The molecule has 4 unspecified atom stereocenters. The molecule has 1 aliphatic rings. The van der Waals surface area contributed by atoms with Gasteiger partial charge in [-0.25, -0.2) is 9.78 Å². The lowest BCUT2D eigenvalue weighted by Gasteiger charge is -2.31. The Morgan fingerprint density at radius 1 is 1.27 bits per heavy atom. The van der Waals surface area contributed by atoms with Crippen molar-refractivity contribution in [1.29, 1.82) is 0 Å². The Morgan fingerprint density at radius 2 is 2.03 bits per heavy atom. The minimum Gasteiger partial charge on any atom is -0.493 e. The molecule has 208 valence electrons. The molecular formula is C26H40N2O9. The average Bonchev–Trinajstić information content (AvgIpc) is 2.89. The second-order valence-corrected chi connectivity index (χ2v) is 9.34. The van der Waals surface area contributed by atoms with Crippen LogP contribution in [0.4, 0.5) is 0 Å². The molecule has 1 saturated heterocycles. The van der Waals surface area contributed by atoms with E-state index in [9.17, 15) is 14.4 Å². The minimum atomic E-state index is -1.08. The van der Waals surface area contributed by atoms with Gasteiger partial charge in [0, 0.05) is 31.7 Å². The summed E-state index contributed by atoms with van der Waals surface area (Å²) in [5.74, 6) is -1.26. The number of nitrogens with zero attached hydrogens (tertiary/aromatic N) is 1. The quantitative estimate of drug-likeness (QED) is 0.322. The Kier molecular flexibility index (Phi) is 12.6. The number of rotatable bonds is 12. The zero-order valence-electron chi connectivity index (χ0n) is 22.6. The number of aromatic nitrogens is 1. The van der Waals surface area contributed by atoms with Gasteiger partial charge in [0.25, 0.3) is 5.91 Å². The Morgan fingerprint density at radius 3 is 2.68 bits per heavy atom. The normalized spacial score (nSPS) is 22.3. The maximum Gasteiger partial charge on any atom is 0.331 e. The number of amides is 1. The van der Waals surface area contributed by atoms with E-state index in [1.165, 1.54) is 26.3 Å². The van der Waals surface area contributed by atoms with Crippen molar-refractivity contribution in [3.8, 4) is 11.5 Å². The predicted octanol–water partition coefficient (Wildman–Crippen LogP) is 2.90. The molecule has 0 saturated carbocycles. The van der Waals surface area contributed by atoms with E-state index in [4.69, 9.17) is 28.4 Å². The molecule has 4 atom stereocenters. The Balaban J connectivity index is 2.20. The highest BCUT2D eigenvalue weighted by Crippen LogP contribution is 2.30. The topological polar surface area (TPSA) is 132 Å². The van der Waals surface area contributed by atoms with Crippen molar-refractivity contribution >= 4 is 17.8 Å². The molecule has 1 amide bonds. The molecule has 37 heavy (non-hydrogen) atoms. The molecule has 11 heteroatoms. The van der Waals surface area contributed by atoms with Gasteiger partial charge in [0.05, 0.1) is 26.4 Å². The van der Waals surface area contributed by atoms with Crippen molar-refractivity contribution in [1.82, 2.24) is 10.3 Å². The summed E-state index contributed by atoms with van der Waals surface area (Å²) in [6, 6.07) is 0.409. The third kappa shape index (κ3) is 9.47. The van der Waals surface area contributed by atoms with Crippen LogP contribution in [0.3, 0.4) is 0 Å². The van der Waals surface area contributed by atoms with Gasteiger partial charge >= 0.3 is 11.9 Å². The summed E-state index contributed by atoms with van der Waals surface area (Å²) < 4.78 is 33.2. The molecule has 0 bridgehead atoms. The van der Waals surface area contributed by atoms with Crippen LogP contribution in [0.5, 0.6) is 11.5 Å². The van der Waals surface area contributed by atoms with Gasteiger partial charge in [-0.05, 0) is 25.7 Å². The highest BCUT2D eigenvalue weighted by atomic mass is 16.7. The summed E-state index contributed by atoms with van der Waals surface area (Å²) in [7, 11) is 1.40. The second-order valence-electron chi connectivity index (χ2n) is 9.34. The first-order valence-corrected chi connectivity index (χ1v) is 12.7.